The fourth-order valence-electron chi connectivity index (χ4n) is 4.32. The van der Waals surface area contributed by atoms with Crippen molar-refractivity contribution in [2.24, 2.45) is 4.99 Å². The molecule has 1 aromatic heterocycles. The molecule has 1 atom stereocenters. The van der Waals surface area contributed by atoms with E-state index in [4.69, 9.17) is 40.4 Å². The summed E-state index contributed by atoms with van der Waals surface area (Å²) >= 11 is 18.1. The Morgan fingerprint density at radius 1 is 1.08 bits per heavy atom. The molecule has 1 saturated heterocycles. The van der Waals surface area contributed by atoms with Crippen LogP contribution in [0.5, 0.6) is 5.75 Å². The van der Waals surface area contributed by atoms with E-state index in [0.717, 1.165) is 28.6 Å². The molecule has 1 fully saturated rings. The molecule has 3 aromatic carbocycles. The van der Waals surface area contributed by atoms with E-state index in [-0.39, 0.29) is 22.3 Å². The number of phenols is 1. The van der Waals surface area contributed by atoms with Crippen molar-refractivity contribution in [3.8, 4) is 5.75 Å². The first kappa shape index (κ1) is 25.3. The molecule has 5 rings (SSSR count). The van der Waals surface area contributed by atoms with E-state index in [0.29, 0.717) is 22.2 Å². The summed E-state index contributed by atoms with van der Waals surface area (Å²) in [6.07, 6.45) is -2.72. The first-order chi connectivity index (χ1) is 17.5. The van der Waals surface area contributed by atoms with Crippen LogP contribution in [0.15, 0.2) is 65.8 Å². The summed E-state index contributed by atoms with van der Waals surface area (Å²) in [6, 6.07) is 13.7. The van der Waals surface area contributed by atoms with Crippen LogP contribution < -0.4 is 10.2 Å². The summed E-state index contributed by atoms with van der Waals surface area (Å²) in [6.45, 7) is 2.01. The molecular weight excluding hydrogens is 546 g/mol. The highest BCUT2D eigenvalue weighted by atomic mass is 35.5. The van der Waals surface area contributed by atoms with Crippen LogP contribution in [0.1, 0.15) is 23.6 Å². The van der Waals surface area contributed by atoms with Crippen molar-refractivity contribution >= 4 is 63.0 Å². The topological polar surface area (TPSA) is 76.5 Å². The number of hydrogen-bond donors (Lipinski definition) is 3. The predicted molar refractivity (Wildman–Crippen MR) is 142 cm³/mol. The molecule has 3 N–H and O–H groups in total. The zero-order valence-electron chi connectivity index (χ0n) is 19.1. The van der Waals surface area contributed by atoms with E-state index >= 15 is 0 Å². The minimum Gasteiger partial charge on any atom is -0.505 e. The molecule has 1 aliphatic heterocycles. The maximum absolute atomic E-state index is 13.0. The van der Waals surface area contributed by atoms with Gasteiger partial charge in [0, 0.05) is 11.1 Å². The molecule has 1 unspecified atom stereocenters. The van der Waals surface area contributed by atoms with Crippen molar-refractivity contribution in [1.29, 1.82) is 0 Å². The largest absolute Gasteiger partial charge is 0.505 e. The van der Waals surface area contributed by atoms with Crippen molar-refractivity contribution < 1.29 is 18.3 Å². The molecule has 1 aliphatic rings. The average molecular weight is 564 g/mol. The van der Waals surface area contributed by atoms with Crippen LogP contribution in [0, 0.1) is 0 Å². The number of aromatic nitrogens is 2. The van der Waals surface area contributed by atoms with Crippen LogP contribution in [-0.2, 0) is 18.3 Å². The van der Waals surface area contributed by atoms with Crippen LogP contribution in [0.25, 0.3) is 10.9 Å². The van der Waals surface area contributed by atoms with Gasteiger partial charge in [0.2, 0.25) is 0 Å². The van der Waals surface area contributed by atoms with Gasteiger partial charge in [0.25, 0.3) is 0 Å². The predicted octanol–water partition coefficient (Wildman–Crippen LogP) is 6.80. The first-order valence-electron chi connectivity index (χ1n) is 10.9. The Balaban J connectivity index is 1.61. The average Bonchev–Trinajstić information content (AvgIpc) is 3.42. The Kier molecular flexibility index (Phi) is 6.29. The summed E-state index contributed by atoms with van der Waals surface area (Å²) in [5, 5.41) is 21.5. The highest BCUT2D eigenvalue weighted by molar-refractivity contribution is 7.80. The zero-order chi connectivity index (χ0) is 26.5. The van der Waals surface area contributed by atoms with Gasteiger partial charge in [-0.05, 0) is 66.7 Å². The van der Waals surface area contributed by atoms with E-state index in [1.54, 1.807) is 23.2 Å². The third-order valence-electron chi connectivity index (χ3n) is 6.30. The number of nitrogens with one attached hydrogen (secondary N) is 2. The number of nitrogens with zero attached hydrogens (tertiary/aromatic N) is 3. The molecule has 0 amide bonds. The lowest BCUT2D eigenvalue weighted by atomic mass is 9.88. The maximum atomic E-state index is 13.0. The van der Waals surface area contributed by atoms with E-state index in [9.17, 15) is 18.3 Å². The van der Waals surface area contributed by atoms with Crippen LogP contribution >= 0.6 is 35.4 Å². The Morgan fingerprint density at radius 3 is 2.41 bits per heavy atom. The minimum absolute atomic E-state index is 0.0491. The Morgan fingerprint density at radius 2 is 1.76 bits per heavy atom. The number of aromatic hydroxyl groups is 1. The number of rotatable bonds is 4. The van der Waals surface area contributed by atoms with Gasteiger partial charge >= 0.3 is 6.18 Å². The number of aliphatic imine (C=N–C) groups is 1. The van der Waals surface area contributed by atoms with Crippen molar-refractivity contribution in [2.45, 2.75) is 25.2 Å². The fourth-order valence-corrected chi connectivity index (χ4v) is 5.18. The van der Waals surface area contributed by atoms with Gasteiger partial charge in [-0.1, -0.05) is 41.4 Å². The van der Waals surface area contributed by atoms with Crippen molar-refractivity contribution in [3.05, 3.63) is 87.5 Å². The number of halogens is 5. The smallest absolute Gasteiger partial charge is 0.416 e. The molecule has 37 heavy (non-hydrogen) atoms. The highest BCUT2D eigenvalue weighted by Gasteiger charge is 2.48. The lowest BCUT2D eigenvalue weighted by Crippen LogP contribution is -2.44. The van der Waals surface area contributed by atoms with Gasteiger partial charge in [0.05, 0.1) is 33.9 Å². The molecular formula is C25H18Cl2F3N5OS. The first-order valence-corrected chi connectivity index (χ1v) is 12.1. The van der Waals surface area contributed by atoms with E-state index < -0.39 is 17.3 Å². The molecule has 2 heterocycles. The molecule has 4 aromatic rings. The summed E-state index contributed by atoms with van der Waals surface area (Å²) in [5.41, 5.74) is 1.04. The van der Waals surface area contributed by atoms with E-state index in [1.807, 2.05) is 25.1 Å². The Hall–Kier alpha value is -3.34. The number of H-pyrrole nitrogens is 1. The van der Waals surface area contributed by atoms with Crippen molar-refractivity contribution in [1.82, 2.24) is 15.5 Å². The lowest BCUT2D eigenvalue weighted by molar-refractivity contribution is -0.137. The summed E-state index contributed by atoms with van der Waals surface area (Å²) < 4.78 is 38.9. The highest BCUT2D eigenvalue weighted by Crippen LogP contribution is 2.43. The summed E-state index contributed by atoms with van der Waals surface area (Å²) in [5.74, 6) is 0.225. The van der Waals surface area contributed by atoms with Gasteiger partial charge in [-0.2, -0.15) is 18.3 Å². The quantitative estimate of drug-likeness (QED) is 0.238. The monoisotopic (exact) mass is 563 g/mol. The van der Waals surface area contributed by atoms with Gasteiger partial charge in [-0.3, -0.25) is 10.1 Å². The lowest BCUT2D eigenvalue weighted by Gasteiger charge is -2.35. The number of amidine groups is 1. The normalized spacial score (nSPS) is 19.1. The van der Waals surface area contributed by atoms with E-state index in [2.05, 4.69) is 15.5 Å². The molecule has 6 nitrogen and oxygen atoms in total. The molecule has 0 aliphatic carbocycles. The molecule has 12 heteroatoms. The van der Waals surface area contributed by atoms with Gasteiger partial charge in [-0.15, -0.1) is 0 Å². The van der Waals surface area contributed by atoms with Crippen LogP contribution in [0.3, 0.4) is 0 Å². The number of benzene rings is 3. The molecule has 190 valence electrons. The van der Waals surface area contributed by atoms with Crippen molar-refractivity contribution in [3.63, 3.8) is 0 Å². The number of thiocarbonyl (C=S) groups is 1. The number of hydrogen-bond acceptors (Lipinski definition) is 4. The number of phenolic OH excluding ortho intramolecular Hbond substituents is 1. The van der Waals surface area contributed by atoms with Gasteiger partial charge in [-0.25, -0.2) is 0 Å². The van der Waals surface area contributed by atoms with Crippen molar-refractivity contribution in [2.75, 3.05) is 4.90 Å². The Bertz CT molecular complexity index is 1530. The SMILES string of the molecule is CC1(c2ccc3[nH]ncc3c2)C(=NCc2ccc(C(F)(F)F)cc2)NC(=S)N1c1cc(Cl)c(O)c(Cl)c1. The third-order valence-corrected chi connectivity index (χ3v) is 7.16. The van der Waals surface area contributed by atoms with Gasteiger partial charge < -0.3 is 15.3 Å². The Labute approximate surface area is 224 Å². The summed E-state index contributed by atoms with van der Waals surface area (Å²) in [7, 11) is 0. The number of aromatic amines is 1. The standard InChI is InChI=1S/C25H18Cl2F3N5OS/c1-24(16-6-7-20-14(8-16)12-32-34-20)22(31-11-13-2-4-15(5-3-13)25(28,29)30)33-23(37)35(24)17-9-18(26)21(36)19(27)10-17/h2-10,12,36H,11H2,1H3,(H,32,34)(H,31,33,37). The van der Waals surface area contributed by atoms with Crippen LogP contribution in [0.2, 0.25) is 10.0 Å². The second-order valence-corrected chi connectivity index (χ2v) is 9.83. The minimum atomic E-state index is -4.42. The maximum Gasteiger partial charge on any atom is 0.416 e. The van der Waals surface area contributed by atoms with E-state index in [1.165, 1.54) is 12.1 Å². The zero-order valence-corrected chi connectivity index (χ0v) is 21.4. The van der Waals surface area contributed by atoms with Gasteiger partial charge in [0.15, 0.2) is 10.9 Å². The van der Waals surface area contributed by atoms with Crippen LogP contribution in [0.4, 0.5) is 18.9 Å². The second kappa shape index (κ2) is 9.20. The number of alkyl halides is 3. The van der Waals surface area contributed by atoms with Gasteiger partial charge in [0.1, 0.15) is 11.4 Å². The molecule has 0 radical (unpaired) electrons. The molecule has 0 saturated carbocycles. The molecule has 0 bridgehead atoms. The number of anilines is 1. The summed E-state index contributed by atoms with van der Waals surface area (Å²) in [4.78, 5) is 6.51. The molecule has 0 spiro atoms. The number of fused-ring (bicyclic) bond motifs is 1. The fraction of sp³-hybridized carbons (Fsp3) is 0.160. The van der Waals surface area contributed by atoms with Crippen LogP contribution in [-0.4, -0.2) is 26.3 Å². The second-order valence-electron chi connectivity index (χ2n) is 8.63. The third kappa shape index (κ3) is 4.49.